The largest absolute Gasteiger partial charge is 0.322 e. The number of hydrogen-bond donors (Lipinski definition) is 4. The molecule has 4 amide bonds. The molecule has 136 heavy (non-hydrogen) atoms. The Morgan fingerprint density at radius 2 is 0.676 bits per heavy atom. The predicted octanol–water partition coefficient (Wildman–Crippen LogP) is 21.8. The second-order valence-electron chi connectivity index (χ2n) is 31.7. The molecule has 4 N–H and O–H groups in total. The number of hydrogen-bond acceptors (Lipinski definition) is 19. The first-order valence-corrected chi connectivity index (χ1v) is 51.3. The predicted molar refractivity (Wildman–Crippen MR) is 542 cm³/mol. The van der Waals surface area contributed by atoms with Gasteiger partial charge in [0.05, 0.1) is 142 Å². The van der Waals surface area contributed by atoms with E-state index < -0.39 is 57.8 Å². The highest BCUT2D eigenvalue weighted by molar-refractivity contribution is 7.94. The van der Waals surface area contributed by atoms with Gasteiger partial charge in [-0.25, -0.2) is 53.6 Å². The third-order valence-electron chi connectivity index (χ3n) is 22.6. The summed E-state index contributed by atoms with van der Waals surface area (Å²) in [6.07, 6.45) is 9.07. The Bertz CT molecular complexity index is 7460. The summed E-state index contributed by atoms with van der Waals surface area (Å²) in [6.45, 7) is 3.46. The van der Waals surface area contributed by atoms with Gasteiger partial charge in [0.15, 0.2) is 5.82 Å². The van der Waals surface area contributed by atoms with E-state index in [0.717, 1.165) is 49.3 Å². The van der Waals surface area contributed by atoms with Gasteiger partial charge >= 0.3 is 0 Å². The maximum atomic E-state index is 13.0. The van der Waals surface area contributed by atoms with E-state index in [4.69, 9.17) is 86.2 Å². The number of halogens is 7. The number of pyridine rings is 5. The Kier molecular flexibility index (Phi) is 27.9. The van der Waals surface area contributed by atoms with Crippen LogP contribution in [0.4, 0.5) is 45.5 Å². The summed E-state index contributed by atoms with van der Waals surface area (Å²) in [5, 5.41) is 16.6. The maximum absolute atomic E-state index is 13.0. The van der Waals surface area contributed by atoms with Gasteiger partial charge < -0.3 is 21.3 Å². The lowest BCUT2D eigenvalue weighted by Crippen LogP contribution is -2.25. The summed E-state index contributed by atoms with van der Waals surface area (Å²) in [4.78, 5) is 83.2. The highest BCUT2D eigenvalue weighted by Crippen LogP contribution is 2.40. The highest BCUT2D eigenvalue weighted by atomic mass is 35.5. The van der Waals surface area contributed by atoms with Crippen molar-refractivity contribution in [1.29, 1.82) is 0 Å². The number of benzene rings is 10. The van der Waals surface area contributed by atoms with Crippen molar-refractivity contribution in [1.82, 2.24) is 34.9 Å². The number of aromatic nitrogens is 7. The van der Waals surface area contributed by atoms with Crippen LogP contribution in [0.25, 0.3) is 88.9 Å². The second kappa shape index (κ2) is 40.1. The molecule has 0 radical (unpaired) electrons. The number of anilines is 8. The van der Waals surface area contributed by atoms with E-state index in [9.17, 15) is 52.8 Å². The van der Waals surface area contributed by atoms with Crippen LogP contribution >= 0.6 is 81.2 Å². The zero-order chi connectivity index (χ0) is 95.5. The number of aryl methyl sites for hydroxylation is 1. The summed E-state index contributed by atoms with van der Waals surface area (Å²) >= 11 is 44.8. The molecule has 0 aliphatic carbocycles. The van der Waals surface area contributed by atoms with Gasteiger partial charge in [0.25, 0.3) is 23.6 Å². The van der Waals surface area contributed by atoms with Crippen molar-refractivity contribution in [3.63, 3.8) is 0 Å². The monoisotopic (exact) mass is 2030 g/mol. The fourth-order valence-corrected chi connectivity index (χ4v) is 23.7. The van der Waals surface area contributed by atoms with Crippen LogP contribution in [0.1, 0.15) is 72.7 Å². The van der Waals surface area contributed by atoms with E-state index in [0.29, 0.717) is 168 Å². The number of carbonyl (C=O) groups is 4. The average molecular weight is 2030 g/mol. The van der Waals surface area contributed by atoms with Crippen LogP contribution in [0, 0.1) is 6.92 Å². The van der Waals surface area contributed by atoms with Gasteiger partial charge in [-0.3, -0.25) is 51.4 Å². The first-order chi connectivity index (χ1) is 65.3. The molecule has 0 atom stereocenters. The Morgan fingerprint density at radius 1 is 0.301 bits per heavy atom. The first kappa shape index (κ1) is 94.7. The minimum atomic E-state index is -3.34. The molecule has 20 rings (SSSR count). The normalized spacial score (nSPS) is 14.9. The van der Waals surface area contributed by atoms with Crippen molar-refractivity contribution in [2.75, 3.05) is 87.7 Å². The molecule has 10 heterocycles. The third kappa shape index (κ3) is 21.0. The molecule has 10 aromatic carbocycles. The molecular formula is C98H76Cl7N15O12S4. The van der Waals surface area contributed by atoms with E-state index in [2.05, 4.69) is 51.2 Å². The van der Waals surface area contributed by atoms with Crippen LogP contribution in [0.2, 0.25) is 35.2 Å². The minimum absolute atomic E-state index is 0.104. The number of carbonyl (C=O) groups excluding carboxylic acids is 4. The van der Waals surface area contributed by atoms with Crippen LogP contribution in [-0.4, -0.2) is 141 Å². The molecule has 4 aliphatic rings. The summed E-state index contributed by atoms with van der Waals surface area (Å²) in [5.41, 5.74) is 14.4. The average Bonchev–Trinajstić information content (AvgIpc) is 1.54. The van der Waals surface area contributed by atoms with Gasteiger partial charge in [-0.1, -0.05) is 124 Å². The fraction of sp³-hybridized carbons (Fsp3) is 0.133. The molecule has 0 saturated carbocycles. The number of amides is 4. The van der Waals surface area contributed by atoms with E-state index >= 15 is 0 Å². The van der Waals surface area contributed by atoms with E-state index in [1.807, 2.05) is 103 Å². The van der Waals surface area contributed by atoms with Crippen molar-refractivity contribution in [3.8, 4) is 45.2 Å². The second-order valence-corrected chi connectivity index (χ2v) is 42.6. The van der Waals surface area contributed by atoms with Gasteiger partial charge in [-0.05, 0) is 244 Å². The number of sulfonamides is 4. The Morgan fingerprint density at radius 3 is 1.13 bits per heavy atom. The van der Waals surface area contributed by atoms with Crippen LogP contribution < -0.4 is 38.5 Å². The van der Waals surface area contributed by atoms with Crippen molar-refractivity contribution in [2.24, 2.45) is 0 Å². The molecule has 0 spiro atoms. The molecule has 4 aliphatic heterocycles. The summed E-state index contributed by atoms with van der Waals surface area (Å²) in [7, 11) is -13.3. The SMILES string of the molecule is Cc1cc(N2CCCS2(=O)=O)ccc1C(=O)Nc1ccc(Cl)c(-c2ccc3ccccc3n2)c1.O=C(Nc1ccc(Cl)c(-c2ccc3ncccc3n2)c1)c1ccc(N2CCCS2(=O)=O)cc1Cl.O=C(Nc1ccc(Cl)c(-c2ncc3ccccc3n2)c1)c1ccc(N2CCCS2(=O)=O)cc1Cl.O=C(Nc1ccc(Cl)c(-c2nccc3ncccc23)c1)c1ccc(N2CCCS2(=O)=O)cc1Cl. The number of rotatable bonds is 16. The topological polar surface area (TPSA) is 356 Å². The lowest BCUT2D eigenvalue weighted by Gasteiger charge is -2.18. The quantitative estimate of drug-likeness (QED) is 0.0698. The van der Waals surface area contributed by atoms with Gasteiger partial charge in [0.2, 0.25) is 40.1 Å². The lowest BCUT2D eigenvalue weighted by molar-refractivity contribution is 0.101. The molecular weight excluding hydrogens is 1960 g/mol. The van der Waals surface area contributed by atoms with Gasteiger partial charge in [-0.2, -0.15) is 0 Å². The zero-order valence-corrected chi connectivity index (χ0v) is 80.1. The van der Waals surface area contributed by atoms with Gasteiger partial charge in [-0.15, -0.1) is 0 Å². The molecule has 16 aromatic rings. The zero-order valence-electron chi connectivity index (χ0n) is 71.6. The van der Waals surface area contributed by atoms with Crippen LogP contribution in [0.5, 0.6) is 0 Å². The number of nitrogens with zero attached hydrogens (tertiary/aromatic N) is 11. The van der Waals surface area contributed by atoms with E-state index in [1.165, 1.54) is 53.6 Å². The molecule has 688 valence electrons. The van der Waals surface area contributed by atoms with Crippen LogP contribution in [-0.2, 0) is 40.1 Å². The van der Waals surface area contributed by atoms with Crippen molar-refractivity contribution in [3.05, 3.63) is 336 Å². The number of nitrogens with one attached hydrogen (secondary N) is 4. The third-order valence-corrected chi connectivity index (χ3v) is 32.3. The van der Waals surface area contributed by atoms with Crippen LogP contribution in [0.15, 0.2) is 274 Å². The van der Waals surface area contributed by atoms with Gasteiger partial charge in [0.1, 0.15) is 0 Å². The van der Waals surface area contributed by atoms with Gasteiger partial charge in [0, 0.05) is 118 Å². The molecule has 0 bridgehead atoms. The Hall–Kier alpha value is -13.0. The van der Waals surface area contributed by atoms with Crippen molar-refractivity contribution in [2.45, 2.75) is 32.6 Å². The molecule has 4 fully saturated rings. The number of para-hydroxylation sites is 2. The maximum Gasteiger partial charge on any atom is 0.257 e. The minimum Gasteiger partial charge on any atom is -0.322 e. The molecule has 6 aromatic heterocycles. The summed E-state index contributed by atoms with van der Waals surface area (Å²) in [6, 6.07) is 71.7. The Labute approximate surface area is 817 Å². The lowest BCUT2D eigenvalue weighted by atomic mass is 10.1. The standard InChI is InChI=1S/C26H22ClN3O3S.3C24H18Cl2N4O3S/c1-17-15-20(30-13-4-14-34(30,32)33)9-10-21(17)26(31)28-19-8-11-23(27)22(16-19)25-12-7-18-5-2-3-6-24(18)29-25;25-19-7-4-15(13-18(19)21-8-9-22-23(29-21)3-1-10-27-22)28-24(31)17-6-5-16(14-20(17)26)30-11-2-12-34(30,32)33;25-20-7-4-15(13-19(20)23-18-3-1-9-27-22(18)8-10-28-23)29-24(31)17-6-5-16(14-21(17)26)30-11-2-12-34(30,32)33;25-20-9-6-16(12-19(20)23-27-14-15-4-1-2-5-22(15)29-23)28-24(31)18-8-7-17(13-21(18)26)30-10-3-11-34(30,32)33/h2-3,5-12,15-16H,4,13-14H2,1H3,(H,28,31);1,3-10,13-14H,2,11-12H2,(H,28,31);1,3-10,13-14H,2,11-12H2,(H,29,31);1-2,4-9,12-14H,3,10-11H2,(H,28,31). The Balaban J connectivity index is 0.000000126. The molecule has 4 saturated heterocycles. The summed E-state index contributed by atoms with van der Waals surface area (Å²) < 4.78 is 103. The highest BCUT2D eigenvalue weighted by Gasteiger charge is 2.34. The number of fused-ring (bicyclic) bond motifs is 4. The molecule has 38 heteroatoms. The van der Waals surface area contributed by atoms with E-state index in [1.54, 1.807) is 141 Å². The smallest absolute Gasteiger partial charge is 0.257 e. The van der Waals surface area contributed by atoms with Crippen molar-refractivity contribution < 1.29 is 52.8 Å². The van der Waals surface area contributed by atoms with Crippen molar-refractivity contribution >= 4 is 234 Å². The molecule has 0 unspecified atom stereocenters. The molecule has 27 nitrogen and oxygen atoms in total. The summed E-state index contributed by atoms with van der Waals surface area (Å²) in [5.74, 6) is -0.671. The van der Waals surface area contributed by atoms with E-state index in [-0.39, 0.29) is 60.7 Å². The first-order valence-electron chi connectivity index (χ1n) is 42.2. The fourth-order valence-electron chi connectivity index (χ4n) is 15.9. The van der Waals surface area contributed by atoms with Crippen LogP contribution in [0.3, 0.4) is 0 Å².